The SMILES string of the molecule is C.C.C.C.C.C.CC(C)(C)C.CC(C)(C)C.CC(C)(C)c1nc2ccccc2[nH]1.CC(C)(C)c1ncc[nH]1. The number of benzene rings is 1. The molecule has 0 saturated heterocycles. The van der Waals surface area contributed by atoms with Gasteiger partial charge in [0, 0.05) is 23.2 Å². The van der Waals surface area contributed by atoms with E-state index in [0.29, 0.717) is 10.8 Å². The van der Waals surface area contributed by atoms with Gasteiger partial charge in [-0.3, -0.25) is 0 Å². The van der Waals surface area contributed by atoms with E-state index in [4.69, 9.17) is 0 Å². The molecule has 0 saturated carbocycles. The minimum atomic E-state index is 0. The third-order valence-electron chi connectivity index (χ3n) is 3.31. The molecule has 2 N–H and O–H groups in total. The van der Waals surface area contributed by atoms with Crippen molar-refractivity contribution in [3.05, 3.63) is 48.3 Å². The van der Waals surface area contributed by atoms with Crippen LogP contribution in [0.15, 0.2) is 36.7 Å². The lowest BCUT2D eigenvalue weighted by Crippen LogP contribution is -2.12. The number of aromatic amines is 2. The first-order chi connectivity index (χ1) is 14.2. The average Bonchev–Trinajstić information content (AvgIpc) is 3.21. The van der Waals surface area contributed by atoms with E-state index in [0.717, 1.165) is 22.7 Å². The lowest BCUT2D eigenvalue weighted by atomic mass is 9.96. The first-order valence-electron chi connectivity index (χ1n) is 11.6. The van der Waals surface area contributed by atoms with Crippen LogP contribution in [0.4, 0.5) is 0 Å². The molecule has 0 atom stereocenters. The highest BCUT2D eigenvalue weighted by Gasteiger charge is 2.17. The summed E-state index contributed by atoms with van der Waals surface area (Å²) in [6, 6.07) is 8.11. The molecule has 0 aliphatic heterocycles. The molecule has 0 fully saturated rings. The Kier molecular flexibility index (Phi) is 28.7. The molecule has 3 rings (SSSR count). The Morgan fingerprint density at radius 1 is 0.553 bits per heavy atom. The van der Waals surface area contributed by atoms with Crippen molar-refractivity contribution in [3.63, 3.8) is 0 Å². The number of nitrogens with zero attached hydrogens (tertiary/aromatic N) is 2. The number of nitrogens with one attached hydrogen (secondary N) is 2. The number of aromatic nitrogens is 4. The monoisotopic (exact) mass is 539 g/mol. The Labute approximate surface area is 242 Å². The first-order valence-corrected chi connectivity index (χ1v) is 11.6. The summed E-state index contributed by atoms with van der Waals surface area (Å²) in [7, 11) is 0. The van der Waals surface area contributed by atoms with Crippen LogP contribution >= 0.6 is 0 Å². The van der Waals surface area contributed by atoms with Crippen LogP contribution in [0.1, 0.15) is 153 Å². The van der Waals surface area contributed by atoms with Crippen molar-refractivity contribution in [1.29, 1.82) is 0 Å². The highest BCUT2D eigenvalue weighted by atomic mass is 14.9. The highest BCUT2D eigenvalue weighted by Crippen LogP contribution is 2.21. The smallest absolute Gasteiger partial charge is 0.112 e. The van der Waals surface area contributed by atoms with Crippen molar-refractivity contribution in [2.24, 2.45) is 10.8 Å². The third kappa shape index (κ3) is 28.5. The molecule has 0 spiro atoms. The van der Waals surface area contributed by atoms with E-state index in [2.05, 4.69) is 123 Å². The lowest BCUT2D eigenvalue weighted by Gasteiger charge is -2.13. The molecular weight excluding hydrogens is 464 g/mol. The third-order valence-corrected chi connectivity index (χ3v) is 3.31. The maximum atomic E-state index is 4.53. The van der Waals surface area contributed by atoms with Crippen molar-refractivity contribution < 1.29 is 0 Å². The van der Waals surface area contributed by atoms with Crippen LogP contribution in [0.5, 0.6) is 0 Å². The minimum absolute atomic E-state index is 0. The van der Waals surface area contributed by atoms with Gasteiger partial charge in [0.2, 0.25) is 0 Å². The van der Waals surface area contributed by atoms with Gasteiger partial charge in [-0.05, 0) is 23.0 Å². The Hall–Kier alpha value is -2.10. The van der Waals surface area contributed by atoms with Crippen LogP contribution in [0.3, 0.4) is 0 Å². The highest BCUT2D eigenvalue weighted by molar-refractivity contribution is 5.74. The first kappa shape index (κ1) is 52.4. The van der Waals surface area contributed by atoms with Gasteiger partial charge in [-0.25, -0.2) is 9.97 Å². The predicted octanol–water partition coefficient (Wildman–Crippen LogP) is 12.5. The fraction of sp³-hybridized carbons (Fsp3) is 0.706. The van der Waals surface area contributed by atoms with Crippen molar-refractivity contribution in [2.45, 2.75) is 152 Å². The van der Waals surface area contributed by atoms with E-state index in [1.54, 1.807) is 6.20 Å². The van der Waals surface area contributed by atoms with E-state index in [1.807, 2.05) is 24.4 Å². The summed E-state index contributed by atoms with van der Waals surface area (Å²) in [5.41, 5.74) is 3.42. The largest absolute Gasteiger partial charge is 0.348 e. The maximum Gasteiger partial charge on any atom is 0.112 e. The van der Waals surface area contributed by atoms with Gasteiger partial charge in [0.1, 0.15) is 11.6 Å². The number of imidazole rings is 2. The van der Waals surface area contributed by atoms with E-state index < -0.39 is 0 Å². The summed E-state index contributed by atoms with van der Waals surface area (Å²) >= 11 is 0. The fourth-order valence-electron chi connectivity index (χ4n) is 1.98. The molecule has 0 bridgehead atoms. The molecule has 3 aromatic rings. The van der Waals surface area contributed by atoms with Crippen LogP contribution in [-0.2, 0) is 10.8 Å². The van der Waals surface area contributed by atoms with Gasteiger partial charge in [0.15, 0.2) is 0 Å². The zero-order valence-corrected chi connectivity index (χ0v) is 23.4. The number of fused-ring (bicyclic) bond motifs is 1. The number of hydrogen-bond donors (Lipinski definition) is 2. The predicted molar refractivity (Wildman–Crippen MR) is 183 cm³/mol. The van der Waals surface area contributed by atoms with E-state index in [9.17, 15) is 0 Å². The molecule has 4 nitrogen and oxygen atoms in total. The fourth-order valence-corrected chi connectivity index (χ4v) is 1.98. The molecule has 0 aliphatic rings. The summed E-state index contributed by atoms with van der Waals surface area (Å²) in [5, 5.41) is 0. The Morgan fingerprint density at radius 3 is 1.18 bits per heavy atom. The van der Waals surface area contributed by atoms with Gasteiger partial charge in [-0.15, -0.1) is 0 Å². The molecule has 4 heteroatoms. The molecule has 0 amide bonds. The van der Waals surface area contributed by atoms with Crippen molar-refractivity contribution in [2.75, 3.05) is 0 Å². The molecule has 0 unspecified atom stereocenters. The van der Waals surface area contributed by atoms with Crippen LogP contribution in [0, 0.1) is 10.8 Å². The average molecular weight is 539 g/mol. The van der Waals surface area contributed by atoms with Crippen LogP contribution in [0.25, 0.3) is 11.0 Å². The van der Waals surface area contributed by atoms with Crippen LogP contribution < -0.4 is 0 Å². The quantitative estimate of drug-likeness (QED) is 0.299. The normalized spacial score (nSPS) is 10.2. The second-order valence-corrected chi connectivity index (χ2v) is 13.5. The Bertz CT molecular complexity index is 819. The second-order valence-electron chi connectivity index (χ2n) is 13.5. The van der Waals surface area contributed by atoms with E-state index in [-0.39, 0.29) is 55.4 Å². The Morgan fingerprint density at radius 2 is 0.921 bits per heavy atom. The van der Waals surface area contributed by atoms with Gasteiger partial charge in [-0.2, -0.15) is 0 Å². The molecule has 1 aromatic carbocycles. The summed E-state index contributed by atoms with van der Waals surface area (Å²) in [4.78, 5) is 15.1. The number of para-hydroxylation sites is 2. The molecule has 2 aromatic heterocycles. The lowest BCUT2D eigenvalue weighted by molar-refractivity contribution is 0.469. The maximum absolute atomic E-state index is 4.53. The molecule has 2 heterocycles. The Balaban J connectivity index is -0.0000000690. The summed E-state index contributed by atoms with van der Waals surface area (Å²) in [5.74, 6) is 2.09. The molecule has 38 heavy (non-hydrogen) atoms. The van der Waals surface area contributed by atoms with Crippen LogP contribution in [-0.4, -0.2) is 19.9 Å². The summed E-state index contributed by atoms with van der Waals surface area (Å²) < 4.78 is 0. The van der Waals surface area contributed by atoms with Gasteiger partial charge in [0.25, 0.3) is 0 Å². The molecule has 0 aliphatic carbocycles. The van der Waals surface area contributed by atoms with Gasteiger partial charge < -0.3 is 9.97 Å². The molecule has 230 valence electrons. The minimum Gasteiger partial charge on any atom is -0.348 e. The van der Waals surface area contributed by atoms with E-state index >= 15 is 0 Å². The topological polar surface area (TPSA) is 57.4 Å². The van der Waals surface area contributed by atoms with Crippen molar-refractivity contribution >= 4 is 11.0 Å². The standard InChI is InChI=1S/C11H14N2.C7H12N2.2C5H12.6CH4/c1-11(2,3)10-12-8-6-4-5-7-9(8)13-10;1-7(2,3)6-8-4-5-9-6;2*1-5(2,3)4;;;;;;/h4-7H,1-3H3,(H,12,13);4-5H,1-3H3,(H,8,9);2*1-4H3;6*1H4. The van der Waals surface area contributed by atoms with Gasteiger partial charge >= 0.3 is 0 Å². The molecule has 0 radical (unpaired) electrons. The van der Waals surface area contributed by atoms with Crippen molar-refractivity contribution in [1.82, 2.24) is 19.9 Å². The number of rotatable bonds is 0. The molecular formula is C34H74N4. The van der Waals surface area contributed by atoms with Crippen LogP contribution in [0.2, 0.25) is 0 Å². The van der Waals surface area contributed by atoms with Crippen molar-refractivity contribution in [3.8, 4) is 0 Å². The zero-order valence-electron chi connectivity index (χ0n) is 23.4. The number of hydrogen-bond acceptors (Lipinski definition) is 2. The summed E-state index contributed by atoms with van der Waals surface area (Å²) in [6.07, 6.45) is 3.63. The summed E-state index contributed by atoms with van der Waals surface area (Å²) in [6.45, 7) is 30.4. The van der Waals surface area contributed by atoms with E-state index in [1.165, 1.54) is 0 Å². The zero-order chi connectivity index (χ0) is 25.4. The van der Waals surface area contributed by atoms with Gasteiger partial charge in [0.05, 0.1) is 11.0 Å². The second kappa shape index (κ2) is 20.8. The van der Waals surface area contributed by atoms with Gasteiger partial charge in [-0.1, -0.05) is 154 Å². The number of H-pyrrole nitrogens is 2.